The van der Waals surface area contributed by atoms with Gasteiger partial charge in [0.1, 0.15) is 11.5 Å². The molecule has 2 N–H and O–H groups in total. The molecule has 0 aliphatic heterocycles. The van der Waals surface area contributed by atoms with Gasteiger partial charge in [-0.3, -0.25) is 4.79 Å². The molecule has 2 bridgehead atoms. The van der Waals surface area contributed by atoms with E-state index in [1.807, 2.05) is 12.3 Å². The zero-order valence-corrected chi connectivity index (χ0v) is 16.7. The molecule has 3 fully saturated rings. The summed E-state index contributed by atoms with van der Waals surface area (Å²) in [5.74, 6) is 0.932. The van der Waals surface area contributed by atoms with Crippen LogP contribution < -0.4 is 5.32 Å². The first-order chi connectivity index (χ1) is 12.4. The SMILES string of the molecule is CC(C)Cn1ccc2c(NC3C4CCC(CC4)C3C(=O)O)nc(Br)nc21. The van der Waals surface area contributed by atoms with Crippen LogP contribution in [0.1, 0.15) is 39.5 Å². The Morgan fingerprint density at radius 1 is 1.31 bits per heavy atom. The molecule has 3 aliphatic carbocycles. The van der Waals surface area contributed by atoms with Crippen LogP contribution >= 0.6 is 15.9 Å². The number of hydrogen-bond donors (Lipinski definition) is 2. The van der Waals surface area contributed by atoms with E-state index in [4.69, 9.17) is 0 Å². The van der Waals surface area contributed by atoms with Crippen LogP contribution in [-0.2, 0) is 11.3 Å². The topological polar surface area (TPSA) is 80.0 Å². The standard InChI is InChI=1S/C19H25BrN4O2/c1-10(2)9-24-8-7-13-16(22-19(20)23-17(13)24)21-15-12-5-3-11(4-6-12)14(15)18(25)26/h7-8,10-12,14-15H,3-6,9H2,1-2H3,(H,25,26)(H,21,22,23). The molecule has 5 rings (SSSR count). The Hall–Kier alpha value is -1.63. The summed E-state index contributed by atoms with van der Waals surface area (Å²) in [6.07, 6.45) is 6.32. The van der Waals surface area contributed by atoms with Crippen LogP contribution in [0.3, 0.4) is 0 Å². The van der Waals surface area contributed by atoms with Crippen molar-refractivity contribution in [3.05, 3.63) is 17.0 Å². The third-order valence-corrected chi connectivity index (χ3v) is 6.32. The van der Waals surface area contributed by atoms with Crippen LogP contribution in [0.15, 0.2) is 17.0 Å². The van der Waals surface area contributed by atoms with E-state index in [2.05, 4.69) is 49.6 Å². The number of hydrogen-bond acceptors (Lipinski definition) is 4. The van der Waals surface area contributed by atoms with Crippen LogP contribution in [-0.4, -0.2) is 31.7 Å². The highest BCUT2D eigenvalue weighted by Crippen LogP contribution is 2.46. The van der Waals surface area contributed by atoms with Crippen molar-refractivity contribution in [2.24, 2.45) is 23.7 Å². The van der Waals surface area contributed by atoms with E-state index < -0.39 is 5.97 Å². The molecule has 0 saturated heterocycles. The molecule has 6 nitrogen and oxygen atoms in total. The predicted molar refractivity (Wildman–Crippen MR) is 104 cm³/mol. The smallest absolute Gasteiger partial charge is 0.308 e. The van der Waals surface area contributed by atoms with Gasteiger partial charge < -0.3 is 15.0 Å². The number of aromatic nitrogens is 3. The Kier molecular flexibility index (Phi) is 4.67. The number of carbonyl (C=O) groups is 1. The first-order valence-electron chi connectivity index (χ1n) is 9.45. The summed E-state index contributed by atoms with van der Waals surface area (Å²) in [5, 5.41) is 14.3. The summed E-state index contributed by atoms with van der Waals surface area (Å²) in [6.45, 7) is 5.24. The molecule has 2 unspecified atom stereocenters. The average molecular weight is 421 g/mol. The third kappa shape index (κ3) is 3.10. The maximum atomic E-state index is 11.9. The lowest BCUT2D eigenvalue weighted by Crippen LogP contribution is -2.51. The predicted octanol–water partition coefficient (Wildman–Crippen LogP) is 4.15. The van der Waals surface area contributed by atoms with E-state index in [-0.39, 0.29) is 17.9 Å². The average Bonchev–Trinajstić information content (AvgIpc) is 2.97. The van der Waals surface area contributed by atoms with Crippen molar-refractivity contribution in [3.8, 4) is 0 Å². The molecule has 2 atom stereocenters. The summed E-state index contributed by atoms with van der Waals surface area (Å²) in [4.78, 5) is 21.0. The molecule has 0 spiro atoms. The van der Waals surface area contributed by atoms with E-state index in [1.165, 1.54) is 0 Å². The Balaban J connectivity index is 1.70. The number of carboxylic acids is 1. The van der Waals surface area contributed by atoms with Crippen molar-refractivity contribution in [2.75, 3.05) is 5.32 Å². The summed E-state index contributed by atoms with van der Waals surface area (Å²) in [7, 11) is 0. The second-order valence-electron chi connectivity index (χ2n) is 8.15. The van der Waals surface area contributed by atoms with Gasteiger partial charge in [0.25, 0.3) is 0 Å². The Labute approximate surface area is 161 Å². The minimum absolute atomic E-state index is 0.0570. The molecule has 2 aromatic rings. The van der Waals surface area contributed by atoms with Gasteiger partial charge in [0, 0.05) is 18.8 Å². The van der Waals surface area contributed by atoms with Gasteiger partial charge in [-0.15, -0.1) is 0 Å². The fourth-order valence-corrected chi connectivity index (χ4v) is 5.20. The van der Waals surface area contributed by atoms with Crippen molar-refractivity contribution >= 4 is 38.8 Å². The molecule has 2 heterocycles. The van der Waals surface area contributed by atoms with Crippen LogP contribution in [0, 0.1) is 23.7 Å². The molecule has 0 radical (unpaired) electrons. The maximum Gasteiger partial charge on any atom is 0.308 e. The number of halogens is 1. The van der Waals surface area contributed by atoms with Gasteiger partial charge in [-0.25, -0.2) is 9.97 Å². The van der Waals surface area contributed by atoms with Crippen LogP contribution in [0.5, 0.6) is 0 Å². The Morgan fingerprint density at radius 3 is 2.65 bits per heavy atom. The summed E-state index contributed by atoms with van der Waals surface area (Å²) < 4.78 is 2.67. The van der Waals surface area contributed by atoms with Gasteiger partial charge in [0.05, 0.1) is 11.3 Å². The van der Waals surface area contributed by atoms with Crippen LogP contribution in [0.25, 0.3) is 11.0 Å². The summed E-state index contributed by atoms with van der Waals surface area (Å²) >= 11 is 3.43. The van der Waals surface area contributed by atoms with Gasteiger partial charge in [0.2, 0.25) is 4.73 Å². The minimum Gasteiger partial charge on any atom is -0.481 e. The minimum atomic E-state index is -0.682. The first kappa shape index (κ1) is 17.8. The number of anilines is 1. The lowest BCUT2D eigenvalue weighted by molar-refractivity contribution is -0.148. The number of carboxylic acid groups (broad SMARTS) is 1. The van der Waals surface area contributed by atoms with E-state index in [9.17, 15) is 9.90 Å². The number of fused-ring (bicyclic) bond motifs is 4. The molecule has 26 heavy (non-hydrogen) atoms. The van der Waals surface area contributed by atoms with Crippen molar-refractivity contribution in [3.63, 3.8) is 0 Å². The van der Waals surface area contributed by atoms with Crippen molar-refractivity contribution in [1.82, 2.24) is 14.5 Å². The molecular formula is C19H25BrN4O2. The van der Waals surface area contributed by atoms with Crippen molar-refractivity contribution in [1.29, 1.82) is 0 Å². The zero-order chi connectivity index (χ0) is 18.4. The van der Waals surface area contributed by atoms with Gasteiger partial charge in [-0.05, 0) is 65.4 Å². The fourth-order valence-electron chi connectivity index (χ4n) is 4.86. The van der Waals surface area contributed by atoms with E-state index in [0.29, 0.717) is 16.6 Å². The summed E-state index contributed by atoms with van der Waals surface area (Å²) in [5.41, 5.74) is 0.885. The van der Waals surface area contributed by atoms with Gasteiger partial charge >= 0.3 is 5.97 Å². The number of nitrogens with one attached hydrogen (secondary N) is 1. The number of nitrogens with zero attached hydrogens (tertiary/aromatic N) is 3. The lowest BCUT2D eigenvalue weighted by Gasteiger charge is -2.47. The van der Waals surface area contributed by atoms with Gasteiger partial charge in [-0.2, -0.15) is 0 Å². The highest BCUT2D eigenvalue weighted by molar-refractivity contribution is 9.10. The van der Waals surface area contributed by atoms with E-state index in [1.54, 1.807) is 0 Å². The Morgan fingerprint density at radius 2 is 2.00 bits per heavy atom. The molecular weight excluding hydrogens is 396 g/mol. The Bertz CT molecular complexity index is 826. The highest BCUT2D eigenvalue weighted by atomic mass is 79.9. The first-order valence-corrected chi connectivity index (χ1v) is 10.2. The highest BCUT2D eigenvalue weighted by Gasteiger charge is 2.47. The number of aliphatic carboxylic acids is 1. The van der Waals surface area contributed by atoms with Crippen molar-refractivity contribution in [2.45, 2.75) is 52.1 Å². The van der Waals surface area contributed by atoms with E-state index >= 15 is 0 Å². The van der Waals surface area contributed by atoms with Gasteiger partial charge in [-0.1, -0.05) is 13.8 Å². The number of rotatable bonds is 5. The normalized spacial score (nSPS) is 28.0. The van der Waals surface area contributed by atoms with Gasteiger partial charge in [0.15, 0.2) is 0 Å². The van der Waals surface area contributed by atoms with Crippen molar-refractivity contribution < 1.29 is 9.90 Å². The molecule has 140 valence electrons. The molecule has 7 heteroatoms. The largest absolute Gasteiger partial charge is 0.481 e. The molecule has 2 aromatic heterocycles. The molecule has 0 aromatic carbocycles. The molecule has 3 saturated carbocycles. The second-order valence-corrected chi connectivity index (χ2v) is 8.86. The summed E-state index contributed by atoms with van der Waals surface area (Å²) in [6, 6.07) is 1.97. The lowest BCUT2D eigenvalue weighted by atomic mass is 9.61. The van der Waals surface area contributed by atoms with Crippen LogP contribution in [0.2, 0.25) is 0 Å². The third-order valence-electron chi connectivity index (χ3n) is 5.96. The second kappa shape index (κ2) is 6.83. The van der Waals surface area contributed by atoms with E-state index in [0.717, 1.165) is 49.1 Å². The molecule has 0 amide bonds. The fraction of sp³-hybridized carbons (Fsp3) is 0.632. The quantitative estimate of drug-likeness (QED) is 0.709. The zero-order valence-electron chi connectivity index (χ0n) is 15.2. The molecule has 3 aliphatic rings. The maximum absolute atomic E-state index is 11.9. The monoisotopic (exact) mass is 420 g/mol. The van der Waals surface area contributed by atoms with Crippen LogP contribution in [0.4, 0.5) is 5.82 Å².